The van der Waals surface area contributed by atoms with Gasteiger partial charge in [-0.2, -0.15) is 0 Å². The van der Waals surface area contributed by atoms with Crippen molar-refractivity contribution in [3.05, 3.63) is 64.6 Å². The summed E-state index contributed by atoms with van der Waals surface area (Å²) in [6, 6.07) is 15.8. The monoisotopic (exact) mass is 364 g/mol. The van der Waals surface area contributed by atoms with Crippen LogP contribution in [0.1, 0.15) is 24.4 Å². The lowest BCUT2D eigenvalue weighted by atomic mass is 10.0. The Labute approximate surface area is 157 Å². The van der Waals surface area contributed by atoms with Crippen molar-refractivity contribution >= 4 is 22.6 Å². The fourth-order valence-electron chi connectivity index (χ4n) is 3.88. The molecule has 1 aromatic heterocycles. The molecule has 0 saturated carbocycles. The quantitative estimate of drug-likeness (QED) is 0.748. The van der Waals surface area contributed by atoms with Crippen LogP contribution in [0.25, 0.3) is 11.0 Å². The van der Waals surface area contributed by atoms with Crippen LogP contribution in [-0.4, -0.2) is 40.0 Å². The minimum Gasteiger partial charge on any atom is -0.325 e. The molecule has 0 radical (unpaired) electrons. The lowest BCUT2D eigenvalue weighted by Crippen LogP contribution is -2.41. The summed E-state index contributed by atoms with van der Waals surface area (Å²) in [6.45, 7) is 3.97. The van der Waals surface area contributed by atoms with Crippen molar-refractivity contribution in [2.45, 2.75) is 25.8 Å². The van der Waals surface area contributed by atoms with Crippen LogP contribution in [0.2, 0.25) is 0 Å². The molecule has 27 heavy (non-hydrogen) atoms. The largest absolute Gasteiger partial charge is 0.326 e. The first-order chi connectivity index (χ1) is 13.1. The molecule has 0 atom stereocenters. The number of carbonyl (C=O) groups excluding carboxylic acids is 1. The second-order valence-corrected chi connectivity index (χ2v) is 7.19. The van der Waals surface area contributed by atoms with E-state index in [1.807, 2.05) is 60.0 Å². The fourth-order valence-corrected chi connectivity index (χ4v) is 3.88. The topological polar surface area (TPSA) is 70.1 Å². The molecular formula is C21H24N4O2. The molecule has 2 heterocycles. The number of H-pyrrole nitrogens is 1. The fraction of sp³-hybridized carbons (Fsp3) is 0.333. The molecule has 3 aromatic rings. The molecule has 140 valence electrons. The Balaban J connectivity index is 1.38. The molecule has 6 nitrogen and oxygen atoms in total. The number of hydrogen-bond acceptors (Lipinski definition) is 3. The molecule has 4 rings (SSSR count). The zero-order valence-electron chi connectivity index (χ0n) is 15.4. The molecule has 0 spiro atoms. The van der Waals surface area contributed by atoms with Crippen LogP contribution in [0, 0.1) is 6.92 Å². The van der Waals surface area contributed by atoms with Gasteiger partial charge in [0.15, 0.2) is 0 Å². The van der Waals surface area contributed by atoms with Gasteiger partial charge in [-0.1, -0.05) is 30.3 Å². The van der Waals surface area contributed by atoms with Crippen LogP contribution in [0.3, 0.4) is 0 Å². The number of para-hydroxylation sites is 3. The number of rotatable bonds is 4. The zero-order valence-corrected chi connectivity index (χ0v) is 15.4. The smallest absolute Gasteiger partial charge is 0.325 e. The third kappa shape index (κ3) is 3.66. The van der Waals surface area contributed by atoms with E-state index in [1.165, 1.54) is 0 Å². The van der Waals surface area contributed by atoms with Gasteiger partial charge in [-0.15, -0.1) is 0 Å². The van der Waals surface area contributed by atoms with Crippen molar-refractivity contribution in [1.29, 1.82) is 0 Å². The second-order valence-electron chi connectivity index (χ2n) is 7.19. The normalized spacial score (nSPS) is 15.9. The van der Waals surface area contributed by atoms with Gasteiger partial charge in [0, 0.05) is 24.8 Å². The summed E-state index contributed by atoms with van der Waals surface area (Å²) in [7, 11) is 0. The average molecular weight is 364 g/mol. The number of benzene rings is 2. The van der Waals surface area contributed by atoms with Crippen molar-refractivity contribution in [3.63, 3.8) is 0 Å². The van der Waals surface area contributed by atoms with E-state index < -0.39 is 0 Å². The van der Waals surface area contributed by atoms with Crippen LogP contribution in [0.4, 0.5) is 5.69 Å². The molecule has 1 fully saturated rings. The number of aryl methyl sites for hydroxylation is 1. The maximum absolute atomic E-state index is 12.4. The number of hydrogen-bond donors (Lipinski definition) is 2. The minimum atomic E-state index is -0.0491. The first-order valence-electron chi connectivity index (χ1n) is 9.39. The van der Waals surface area contributed by atoms with Crippen LogP contribution in [0.15, 0.2) is 53.3 Å². The highest BCUT2D eigenvalue weighted by atomic mass is 16.2. The van der Waals surface area contributed by atoms with E-state index in [-0.39, 0.29) is 17.6 Å². The molecule has 1 aliphatic heterocycles. The Bertz CT molecular complexity index is 1010. The Morgan fingerprint density at radius 1 is 1.11 bits per heavy atom. The van der Waals surface area contributed by atoms with Crippen LogP contribution in [-0.2, 0) is 4.79 Å². The highest BCUT2D eigenvalue weighted by molar-refractivity contribution is 5.92. The Morgan fingerprint density at radius 2 is 1.81 bits per heavy atom. The van der Waals surface area contributed by atoms with Crippen molar-refractivity contribution in [2.24, 2.45) is 0 Å². The number of piperidine rings is 1. The molecule has 6 heteroatoms. The van der Waals surface area contributed by atoms with E-state index >= 15 is 0 Å². The van der Waals surface area contributed by atoms with Gasteiger partial charge in [-0.3, -0.25) is 14.3 Å². The van der Waals surface area contributed by atoms with E-state index in [9.17, 15) is 9.59 Å². The number of nitrogens with zero attached hydrogens (tertiary/aromatic N) is 2. The van der Waals surface area contributed by atoms with Gasteiger partial charge < -0.3 is 10.3 Å². The molecule has 2 N–H and O–H groups in total. The number of amides is 1. The predicted molar refractivity (Wildman–Crippen MR) is 107 cm³/mol. The van der Waals surface area contributed by atoms with E-state index in [0.29, 0.717) is 6.54 Å². The number of carbonyl (C=O) groups is 1. The van der Waals surface area contributed by atoms with Gasteiger partial charge in [0.2, 0.25) is 5.91 Å². The SMILES string of the molecule is Cc1ccccc1NC(=O)CN1CCC(n2c(=O)[nH]c3ccccc32)CC1. The van der Waals surface area contributed by atoms with Gasteiger partial charge in [0.25, 0.3) is 0 Å². The standard InChI is InChI=1S/C21H24N4O2/c1-15-6-2-3-7-17(15)22-20(26)14-24-12-10-16(11-13-24)25-19-9-5-4-8-18(19)23-21(25)27/h2-9,16H,10-14H2,1H3,(H,22,26)(H,23,27). The average Bonchev–Trinajstić information content (AvgIpc) is 3.00. The Hall–Kier alpha value is -2.86. The lowest BCUT2D eigenvalue weighted by molar-refractivity contribution is -0.117. The number of aromatic amines is 1. The second kappa shape index (κ2) is 7.40. The van der Waals surface area contributed by atoms with E-state index in [1.54, 1.807) is 0 Å². The van der Waals surface area contributed by atoms with Crippen LogP contribution < -0.4 is 11.0 Å². The highest BCUT2D eigenvalue weighted by Crippen LogP contribution is 2.24. The Morgan fingerprint density at radius 3 is 2.59 bits per heavy atom. The first kappa shape index (κ1) is 17.5. The summed E-state index contributed by atoms with van der Waals surface area (Å²) >= 11 is 0. The maximum atomic E-state index is 12.4. The Kier molecular flexibility index (Phi) is 4.81. The molecule has 1 amide bonds. The number of aromatic nitrogens is 2. The van der Waals surface area contributed by atoms with Crippen LogP contribution in [0.5, 0.6) is 0 Å². The van der Waals surface area contributed by atoms with Crippen molar-refractivity contribution in [2.75, 3.05) is 25.0 Å². The summed E-state index contributed by atoms with van der Waals surface area (Å²) in [4.78, 5) is 29.8. The number of fused-ring (bicyclic) bond motifs is 1. The van der Waals surface area contributed by atoms with E-state index in [0.717, 1.165) is 48.2 Å². The minimum absolute atomic E-state index is 0.00649. The molecule has 1 saturated heterocycles. The third-order valence-electron chi connectivity index (χ3n) is 5.33. The molecule has 0 unspecified atom stereocenters. The predicted octanol–water partition coefficient (Wildman–Crippen LogP) is 2.91. The number of imidazole rings is 1. The number of anilines is 1. The summed E-state index contributed by atoms with van der Waals surface area (Å²) in [5, 5.41) is 2.99. The zero-order chi connectivity index (χ0) is 18.8. The van der Waals surface area contributed by atoms with Gasteiger partial charge in [-0.25, -0.2) is 4.79 Å². The molecular weight excluding hydrogens is 340 g/mol. The van der Waals surface area contributed by atoms with Crippen molar-refractivity contribution in [1.82, 2.24) is 14.5 Å². The molecule has 1 aliphatic rings. The molecule has 0 bridgehead atoms. The van der Waals surface area contributed by atoms with Gasteiger partial charge in [0.05, 0.1) is 17.6 Å². The van der Waals surface area contributed by atoms with Crippen molar-refractivity contribution in [3.8, 4) is 0 Å². The molecule has 0 aliphatic carbocycles. The van der Waals surface area contributed by atoms with Crippen LogP contribution >= 0.6 is 0 Å². The van der Waals surface area contributed by atoms with Gasteiger partial charge in [-0.05, 0) is 43.5 Å². The van der Waals surface area contributed by atoms with Gasteiger partial charge in [0.1, 0.15) is 0 Å². The maximum Gasteiger partial charge on any atom is 0.326 e. The summed E-state index contributed by atoms with van der Waals surface area (Å²) in [5.41, 5.74) is 3.71. The number of nitrogens with one attached hydrogen (secondary N) is 2. The number of likely N-dealkylation sites (tertiary alicyclic amines) is 1. The van der Waals surface area contributed by atoms with E-state index in [2.05, 4.69) is 15.2 Å². The summed E-state index contributed by atoms with van der Waals surface area (Å²) in [5.74, 6) is 0.00649. The summed E-state index contributed by atoms with van der Waals surface area (Å²) in [6.07, 6.45) is 1.72. The molecule has 2 aromatic carbocycles. The van der Waals surface area contributed by atoms with Crippen molar-refractivity contribution < 1.29 is 4.79 Å². The van der Waals surface area contributed by atoms with Gasteiger partial charge >= 0.3 is 5.69 Å². The first-order valence-corrected chi connectivity index (χ1v) is 9.39. The third-order valence-corrected chi connectivity index (χ3v) is 5.33. The van der Waals surface area contributed by atoms with E-state index in [4.69, 9.17) is 0 Å². The summed E-state index contributed by atoms with van der Waals surface area (Å²) < 4.78 is 1.88. The lowest BCUT2D eigenvalue weighted by Gasteiger charge is -2.32. The highest BCUT2D eigenvalue weighted by Gasteiger charge is 2.24.